The van der Waals surface area contributed by atoms with Crippen LogP contribution in [-0.4, -0.2) is 42.5 Å². The van der Waals surface area contributed by atoms with Crippen LogP contribution in [-0.2, 0) is 6.54 Å². The molecule has 2 aliphatic heterocycles. The summed E-state index contributed by atoms with van der Waals surface area (Å²) < 4.78 is 13.5. The molecule has 2 aliphatic rings. The second-order valence-electron chi connectivity index (χ2n) is 6.29. The predicted molar refractivity (Wildman–Crippen MR) is 79.8 cm³/mol. The molecule has 0 aromatic heterocycles. The Hall–Kier alpha value is -1.13. The molecule has 0 radical (unpaired) electrons. The number of likely N-dealkylation sites (tertiary alicyclic amines) is 2. The van der Waals surface area contributed by atoms with Crippen molar-refractivity contribution in [3.05, 3.63) is 29.6 Å². The molecule has 2 atom stereocenters. The van der Waals surface area contributed by atoms with E-state index in [4.69, 9.17) is 5.73 Å². The molecule has 110 valence electrons. The van der Waals surface area contributed by atoms with E-state index in [-0.39, 0.29) is 5.82 Å². The van der Waals surface area contributed by atoms with Crippen LogP contribution >= 0.6 is 0 Å². The SMILES string of the molecule is CN1CCCC2CN(Cc3cccc(F)c3N)CCC21. The zero-order valence-corrected chi connectivity index (χ0v) is 12.2. The van der Waals surface area contributed by atoms with Crippen LogP contribution < -0.4 is 5.73 Å². The fourth-order valence-electron chi connectivity index (χ4n) is 3.83. The Labute approximate surface area is 120 Å². The average molecular weight is 277 g/mol. The third-order valence-electron chi connectivity index (χ3n) is 4.97. The Morgan fingerprint density at radius 3 is 3.00 bits per heavy atom. The quantitative estimate of drug-likeness (QED) is 0.842. The van der Waals surface area contributed by atoms with Crippen molar-refractivity contribution in [2.45, 2.75) is 31.8 Å². The lowest BCUT2D eigenvalue weighted by Crippen LogP contribution is -2.52. The van der Waals surface area contributed by atoms with Gasteiger partial charge in [-0.1, -0.05) is 12.1 Å². The van der Waals surface area contributed by atoms with Crippen molar-refractivity contribution in [2.75, 3.05) is 32.4 Å². The van der Waals surface area contributed by atoms with E-state index in [9.17, 15) is 4.39 Å². The average Bonchev–Trinajstić information content (AvgIpc) is 2.44. The monoisotopic (exact) mass is 277 g/mol. The van der Waals surface area contributed by atoms with E-state index in [1.807, 2.05) is 6.07 Å². The minimum Gasteiger partial charge on any atom is -0.396 e. The Morgan fingerprint density at radius 1 is 1.30 bits per heavy atom. The number of para-hydroxylation sites is 1. The maximum Gasteiger partial charge on any atom is 0.146 e. The van der Waals surface area contributed by atoms with Crippen LogP contribution in [0.5, 0.6) is 0 Å². The summed E-state index contributed by atoms with van der Waals surface area (Å²) in [5.41, 5.74) is 7.08. The number of piperidine rings is 2. The summed E-state index contributed by atoms with van der Waals surface area (Å²) in [6, 6.07) is 5.87. The zero-order chi connectivity index (χ0) is 14.1. The summed E-state index contributed by atoms with van der Waals surface area (Å²) in [6.45, 7) is 4.21. The first-order chi connectivity index (χ1) is 9.65. The predicted octanol–water partition coefficient (Wildman–Crippen LogP) is 2.32. The number of benzene rings is 1. The maximum atomic E-state index is 13.5. The Bertz CT molecular complexity index is 477. The van der Waals surface area contributed by atoms with E-state index >= 15 is 0 Å². The van der Waals surface area contributed by atoms with Crippen LogP contribution in [0.1, 0.15) is 24.8 Å². The van der Waals surface area contributed by atoms with Crippen LogP contribution in [0, 0.1) is 11.7 Å². The number of nitrogens with zero attached hydrogens (tertiary/aromatic N) is 2. The summed E-state index contributed by atoms with van der Waals surface area (Å²) in [6.07, 6.45) is 3.84. The zero-order valence-electron chi connectivity index (χ0n) is 12.2. The van der Waals surface area contributed by atoms with Gasteiger partial charge < -0.3 is 10.6 Å². The maximum absolute atomic E-state index is 13.5. The third-order valence-corrected chi connectivity index (χ3v) is 4.97. The number of nitrogens with two attached hydrogens (primary N) is 1. The smallest absolute Gasteiger partial charge is 0.146 e. The number of fused-ring (bicyclic) bond motifs is 1. The van der Waals surface area contributed by atoms with E-state index in [2.05, 4.69) is 16.8 Å². The highest BCUT2D eigenvalue weighted by atomic mass is 19.1. The highest BCUT2D eigenvalue weighted by Gasteiger charge is 2.34. The van der Waals surface area contributed by atoms with Crippen molar-refractivity contribution in [3.63, 3.8) is 0 Å². The molecule has 0 aliphatic carbocycles. The molecule has 3 rings (SSSR count). The van der Waals surface area contributed by atoms with Gasteiger partial charge in [-0.25, -0.2) is 4.39 Å². The summed E-state index contributed by atoms with van der Waals surface area (Å²) in [5.74, 6) is 0.465. The summed E-state index contributed by atoms with van der Waals surface area (Å²) in [4.78, 5) is 4.95. The van der Waals surface area contributed by atoms with Crippen molar-refractivity contribution >= 4 is 5.69 Å². The molecular formula is C16H24FN3. The Balaban J connectivity index is 1.66. The number of anilines is 1. The fraction of sp³-hybridized carbons (Fsp3) is 0.625. The highest BCUT2D eigenvalue weighted by Crippen LogP contribution is 2.30. The molecule has 20 heavy (non-hydrogen) atoms. The molecule has 2 heterocycles. The van der Waals surface area contributed by atoms with Crippen molar-refractivity contribution in [2.24, 2.45) is 5.92 Å². The molecule has 0 amide bonds. The molecule has 0 spiro atoms. The number of hydrogen-bond acceptors (Lipinski definition) is 3. The van der Waals surface area contributed by atoms with Gasteiger partial charge in [-0.3, -0.25) is 4.90 Å². The van der Waals surface area contributed by atoms with Gasteiger partial charge >= 0.3 is 0 Å². The van der Waals surface area contributed by atoms with Crippen molar-refractivity contribution < 1.29 is 4.39 Å². The summed E-state index contributed by atoms with van der Waals surface area (Å²) >= 11 is 0. The second kappa shape index (κ2) is 5.70. The molecule has 2 fully saturated rings. The lowest BCUT2D eigenvalue weighted by atomic mass is 9.84. The first kappa shape index (κ1) is 13.8. The van der Waals surface area contributed by atoms with Crippen LogP contribution in [0.25, 0.3) is 0 Å². The minimum atomic E-state index is -0.296. The molecule has 0 bridgehead atoms. The van der Waals surface area contributed by atoms with E-state index in [1.54, 1.807) is 6.07 Å². The molecule has 2 N–H and O–H groups in total. The molecule has 2 saturated heterocycles. The molecule has 1 aromatic carbocycles. The summed E-state index contributed by atoms with van der Waals surface area (Å²) in [5, 5.41) is 0. The fourth-order valence-corrected chi connectivity index (χ4v) is 3.83. The van der Waals surface area contributed by atoms with Gasteiger partial charge in [0.1, 0.15) is 5.82 Å². The lowest BCUT2D eigenvalue weighted by molar-refractivity contribution is 0.0355. The van der Waals surface area contributed by atoms with Gasteiger partial charge in [-0.15, -0.1) is 0 Å². The van der Waals surface area contributed by atoms with E-state index in [0.29, 0.717) is 5.69 Å². The minimum absolute atomic E-state index is 0.296. The second-order valence-corrected chi connectivity index (χ2v) is 6.29. The van der Waals surface area contributed by atoms with Gasteiger partial charge in [-0.2, -0.15) is 0 Å². The highest BCUT2D eigenvalue weighted by molar-refractivity contribution is 5.47. The molecule has 1 aromatic rings. The lowest BCUT2D eigenvalue weighted by Gasteiger charge is -2.46. The molecule has 3 nitrogen and oxygen atoms in total. The molecular weight excluding hydrogens is 253 g/mol. The van der Waals surface area contributed by atoms with Gasteiger partial charge in [0.15, 0.2) is 0 Å². The number of rotatable bonds is 2. The van der Waals surface area contributed by atoms with Crippen LogP contribution in [0.3, 0.4) is 0 Å². The van der Waals surface area contributed by atoms with Crippen LogP contribution in [0.2, 0.25) is 0 Å². The van der Waals surface area contributed by atoms with Crippen LogP contribution in [0.4, 0.5) is 10.1 Å². The van der Waals surface area contributed by atoms with Crippen molar-refractivity contribution in [3.8, 4) is 0 Å². The van der Waals surface area contributed by atoms with Crippen molar-refractivity contribution in [1.29, 1.82) is 0 Å². The third kappa shape index (κ3) is 2.67. The number of nitrogen functional groups attached to an aromatic ring is 1. The topological polar surface area (TPSA) is 32.5 Å². The first-order valence-corrected chi connectivity index (χ1v) is 7.60. The van der Waals surface area contributed by atoms with Gasteiger partial charge in [-0.05, 0) is 56.9 Å². The van der Waals surface area contributed by atoms with Gasteiger partial charge in [0.25, 0.3) is 0 Å². The largest absolute Gasteiger partial charge is 0.396 e. The normalized spacial score (nSPS) is 28.3. The Kier molecular flexibility index (Phi) is 3.94. The Morgan fingerprint density at radius 2 is 2.15 bits per heavy atom. The molecule has 2 unspecified atom stereocenters. The van der Waals surface area contributed by atoms with E-state index in [0.717, 1.165) is 37.2 Å². The number of hydrogen-bond donors (Lipinski definition) is 1. The van der Waals surface area contributed by atoms with Gasteiger partial charge in [0.2, 0.25) is 0 Å². The first-order valence-electron chi connectivity index (χ1n) is 7.60. The van der Waals surface area contributed by atoms with Crippen LogP contribution in [0.15, 0.2) is 18.2 Å². The summed E-state index contributed by atoms with van der Waals surface area (Å²) in [7, 11) is 2.25. The van der Waals surface area contributed by atoms with Gasteiger partial charge in [0, 0.05) is 19.1 Å². The van der Waals surface area contributed by atoms with Crippen molar-refractivity contribution in [1.82, 2.24) is 9.80 Å². The standard InChI is InChI=1S/C16H24FN3/c1-19-8-3-5-12-10-20(9-7-15(12)19)11-13-4-2-6-14(17)16(13)18/h2,4,6,12,15H,3,5,7-11,18H2,1H3. The van der Waals surface area contributed by atoms with E-state index < -0.39 is 0 Å². The van der Waals surface area contributed by atoms with E-state index in [1.165, 1.54) is 31.9 Å². The molecule has 0 saturated carbocycles. The number of halogens is 1. The van der Waals surface area contributed by atoms with Gasteiger partial charge in [0.05, 0.1) is 5.69 Å². The molecule has 4 heteroatoms.